The van der Waals surface area contributed by atoms with Gasteiger partial charge in [0, 0.05) is 5.56 Å². The molecule has 60 valence electrons. The van der Waals surface area contributed by atoms with Gasteiger partial charge in [-0.05, 0) is 18.1 Å². The summed E-state index contributed by atoms with van der Waals surface area (Å²) in [5.74, 6) is -1.44. The topological polar surface area (TPSA) is 12.9 Å². The van der Waals surface area contributed by atoms with Crippen molar-refractivity contribution < 1.29 is 8.78 Å². The molecule has 0 aliphatic heterocycles. The molecule has 0 radical (unpaired) electrons. The second kappa shape index (κ2) is 2.95. The van der Waals surface area contributed by atoms with Crippen LogP contribution in [0.1, 0.15) is 25.3 Å². The monoisotopic (exact) mass is 157 g/mol. The Bertz CT molecular complexity index is 258. The Morgan fingerprint density at radius 1 is 1.27 bits per heavy atom. The number of rotatable bonds is 1. The van der Waals surface area contributed by atoms with Crippen molar-refractivity contribution in [2.45, 2.75) is 19.8 Å². The van der Waals surface area contributed by atoms with Crippen LogP contribution >= 0.6 is 0 Å². The largest absolute Gasteiger partial charge is 0.218 e. The molecule has 0 saturated carbocycles. The van der Waals surface area contributed by atoms with Crippen molar-refractivity contribution in [3.8, 4) is 0 Å². The van der Waals surface area contributed by atoms with E-state index >= 15 is 0 Å². The number of halogens is 2. The third-order valence-electron chi connectivity index (χ3n) is 1.47. The molecule has 0 N–H and O–H groups in total. The van der Waals surface area contributed by atoms with Crippen molar-refractivity contribution in [3.63, 3.8) is 0 Å². The number of pyridine rings is 1. The quantitative estimate of drug-likeness (QED) is 0.570. The van der Waals surface area contributed by atoms with Gasteiger partial charge in [0.2, 0.25) is 11.9 Å². The van der Waals surface area contributed by atoms with E-state index in [2.05, 4.69) is 4.98 Å². The second-order valence-electron chi connectivity index (χ2n) is 2.67. The molecule has 0 amide bonds. The molecule has 0 bridgehead atoms. The first-order chi connectivity index (χ1) is 5.11. The molecule has 1 rings (SSSR count). The van der Waals surface area contributed by atoms with Crippen molar-refractivity contribution in [2.24, 2.45) is 0 Å². The fourth-order valence-corrected chi connectivity index (χ4v) is 0.854. The van der Waals surface area contributed by atoms with Gasteiger partial charge in [0.15, 0.2) is 0 Å². The highest BCUT2D eigenvalue weighted by Gasteiger charge is 2.07. The fraction of sp³-hybridized carbons (Fsp3) is 0.375. The minimum atomic E-state index is -0.771. The molecule has 0 aliphatic carbocycles. The lowest BCUT2D eigenvalue weighted by molar-refractivity contribution is 0.497. The molecular weight excluding hydrogens is 148 g/mol. The molecule has 0 atom stereocenters. The molecule has 1 aromatic heterocycles. The lowest BCUT2D eigenvalue weighted by Gasteiger charge is -2.04. The summed E-state index contributed by atoms with van der Waals surface area (Å²) in [6.45, 7) is 3.66. The summed E-state index contributed by atoms with van der Waals surface area (Å²) >= 11 is 0. The molecule has 0 saturated heterocycles. The van der Waals surface area contributed by atoms with Gasteiger partial charge in [0.25, 0.3) is 0 Å². The molecule has 3 heteroatoms. The predicted molar refractivity (Wildman–Crippen MR) is 38.2 cm³/mol. The molecule has 1 aromatic rings. The summed E-state index contributed by atoms with van der Waals surface area (Å²) in [4.78, 5) is 3.06. The van der Waals surface area contributed by atoms with Gasteiger partial charge in [-0.3, -0.25) is 0 Å². The van der Waals surface area contributed by atoms with E-state index in [1.54, 1.807) is 0 Å². The van der Waals surface area contributed by atoms with E-state index in [-0.39, 0.29) is 5.92 Å². The van der Waals surface area contributed by atoms with Gasteiger partial charge < -0.3 is 0 Å². The number of nitrogens with zero attached hydrogens (tertiary/aromatic N) is 1. The van der Waals surface area contributed by atoms with Crippen LogP contribution in [0.25, 0.3) is 0 Å². The van der Waals surface area contributed by atoms with Gasteiger partial charge in [-0.1, -0.05) is 13.8 Å². The van der Waals surface area contributed by atoms with E-state index in [9.17, 15) is 8.78 Å². The Labute approximate surface area is 64.1 Å². The van der Waals surface area contributed by atoms with Crippen LogP contribution < -0.4 is 0 Å². The van der Waals surface area contributed by atoms with Crippen molar-refractivity contribution in [1.82, 2.24) is 4.98 Å². The molecule has 11 heavy (non-hydrogen) atoms. The average molecular weight is 157 g/mol. The minimum Gasteiger partial charge on any atom is -0.190 e. The number of aromatic nitrogens is 1. The Morgan fingerprint density at radius 2 is 1.91 bits per heavy atom. The molecule has 0 aliphatic rings. The molecule has 0 unspecified atom stereocenters. The van der Waals surface area contributed by atoms with Crippen LogP contribution in [0.4, 0.5) is 8.78 Å². The summed E-state index contributed by atoms with van der Waals surface area (Å²) in [6, 6.07) is 2.58. The molecular formula is C8H9F2N. The lowest BCUT2D eigenvalue weighted by atomic mass is 10.1. The summed E-state index contributed by atoms with van der Waals surface area (Å²) in [5, 5.41) is 0. The smallest absolute Gasteiger partial charge is 0.190 e. The molecule has 1 nitrogen and oxygen atoms in total. The minimum absolute atomic E-state index is 0.0445. The van der Waals surface area contributed by atoms with Gasteiger partial charge in [0.05, 0.1) is 0 Å². The first kappa shape index (κ1) is 8.11. The Balaban J connectivity index is 3.09. The van der Waals surface area contributed by atoms with Crippen molar-refractivity contribution >= 4 is 0 Å². The van der Waals surface area contributed by atoms with Crippen LogP contribution in [-0.4, -0.2) is 4.98 Å². The van der Waals surface area contributed by atoms with Gasteiger partial charge in [-0.2, -0.15) is 13.8 Å². The van der Waals surface area contributed by atoms with E-state index < -0.39 is 11.9 Å². The zero-order valence-corrected chi connectivity index (χ0v) is 6.44. The fourth-order valence-electron chi connectivity index (χ4n) is 0.854. The van der Waals surface area contributed by atoms with Crippen LogP contribution in [0.15, 0.2) is 12.1 Å². The van der Waals surface area contributed by atoms with Gasteiger partial charge in [-0.15, -0.1) is 0 Å². The van der Waals surface area contributed by atoms with Crippen LogP contribution in [-0.2, 0) is 0 Å². The second-order valence-corrected chi connectivity index (χ2v) is 2.67. The number of hydrogen-bond acceptors (Lipinski definition) is 1. The summed E-state index contributed by atoms with van der Waals surface area (Å²) in [5.41, 5.74) is 0.450. The molecule has 0 aromatic carbocycles. The zero-order chi connectivity index (χ0) is 8.43. The van der Waals surface area contributed by atoms with Gasteiger partial charge >= 0.3 is 0 Å². The zero-order valence-electron chi connectivity index (χ0n) is 6.44. The summed E-state index contributed by atoms with van der Waals surface area (Å²) in [7, 11) is 0. The summed E-state index contributed by atoms with van der Waals surface area (Å²) in [6.07, 6.45) is 0. The first-order valence-corrected chi connectivity index (χ1v) is 3.43. The van der Waals surface area contributed by atoms with E-state index in [1.165, 1.54) is 12.1 Å². The predicted octanol–water partition coefficient (Wildman–Crippen LogP) is 2.48. The van der Waals surface area contributed by atoms with E-state index in [0.717, 1.165) is 0 Å². The SMILES string of the molecule is CC(C)c1ccc(F)nc1F. The first-order valence-electron chi connectivity index (χ1n) is 3.43. The maximum Gasteiger partial charge on any atom is 0.218 e. The standard InChI is InChI=1S/C8H9F2N/c1-5(2)6-3-4-7(9)11-8(6)10/h3-5H,1-2H3. The van der Waals surface area contributed by atoms with Crippen molar-refractivity contribution in [1.29, 1.82) is 0 Å². The van der Waals surface area contributed by atoms with Crippen molar-refractivity contribution in [3.05, 3.63) is 29.6 Å². The Kier molecular flexibility index (Phi) is 2.17. The van der Waals surface area contributed by atoms with E-state index in [0.29, 0.717) is 5.56 Å². The number of hydrogen-bond donors (Lipinski definition) is 0. The summed E-state index contributed by atoms with van der Waals surface area (Å²) < 4.78 is 25.0. The normalized spacial score (nSPS) is 10.6. The van der Waals surface area contributed by atoms with Gasteiger partial charge in [0.1, 0.15) is 0 Å². The van der Waals surface area contributed by atoms with E-state index in [4.69, 9.17) is 0 Å². The Morgan fingerprint density at radius 3 is 2.36 bits per heavy atom. The molecule has 0 spiro atoms. The molecule has 0 fully saturated rings. The lowest BCUT2D eigenvalue weighted by Crippen LogP contribution is -1.97. The van der Waals surface area contributed by atoms with Crippen LogP contribution in [0, 0.1) is 11.9 Å². The highest BCUT2D eigenvalue weighted by molar-refractivity contribution is 5.15. The highest BCUT2D eigenvalue weighted by Crippen LogP contribution is 2.16. The highest BCUT2D eigenvalue weighted by atomic mass is 19.1. The van der Waals surface area contributed by atoms with Gasteiger partial charge in [-0.25, -0.2) is 0 Å². The Hall–Kier alpha value is -0.990. The maximum atomic E-state index is 12.8. The van der Waals surface area contributed by atoms with Crippen LogP contribution in [0.5, 0.6) is 0 Å². The van der Waals surface area contributed by atoms with Crippen molar-refractivity contribution in [2.75, 3.05) is 0 Å². The van der Waals surface area contributed by atoms with E-state index in [1.807, 2.05) is 13.8 Å². The molecule has 1 heterocycles. The van der Waals surface area contributed by atoms with Crippen LogP contribution in [0.2, 0.25) is 0 Å². The maximum absolute atomic E-state index is 12.8. The third-order valence-corrected chi connectivity index (χ3v) is 1.47. The van der Waals surface area contributed by atoms with Crippen LogP contribution in [0.3, 0.4) is 0 Å². The third kappa shape index (κ3) is 1.73. The average Bonchev–Trinajstić information content (AvgIpc) is 1.85.